The molecule has 116 valence electrons. The van der Waals surface area contributed by atoms with Gasteiger partial charge in [0.1, 0.15) is 11.3 Å². The number of aromatic amines is 1. The predicted molar refractivity (Wildman–Crippen MR) is 85.0 cm³/mol. The van der Waals surface area contributed by atoms with Crippen LogP contribution in [0.2, 0.25) is 0 Å². The van der Waals surface area contributed by atoms with Gasteiger partial charge in [-0.3, -0.25) is 10.1 Å². The lowest BCUT2D eigenvalue weighted by Crippen LogP contribution is -2.27. The van der Waals surface area contributed by atoms with Gasteiger partial charge in [-0.2, -0.15) is 0 Å². The van der Waals surface area contributed by atoms with Crippen molar-refractivity contribution >= 4 is 23.4 Å². The molecule has 0 aliphatic rings. The Bertz CT molecular complexity index is 658. The second-order valence-electron chi connectivity index (χ2n) is 5.71. The van der Waals surface area contributed by atoms with E-state index >= 15 is 0 Å². The first-order valence-electron chi connectivity index (χ1n) is 6.89. The van der Waals surface area contributed by atoms with E-state index in [4.69, 9.17) is 4.74 Å². The Hall–Kier alpha value is -2.76. The molecule has 2 amide bonds. The number of hydrogen-bond donors (Lipinski definition) is 3. The van der Waals surface area contributed by atoms with Gasteiger partial charge in [-0.1, -0.05) is 12.1 Å². The Balaban J connectivity index is 2.10. The molecule has 0 fully saturated rings. The van der Waals surface area contributed by atoms with Crippen molar-refractivity contribution in [2.75, 3.05) is 10.6 Å². The molecule has 0 unspecified atom stereocenters. The number of ether oxygens (including phenoxy) is 1. The largest absolute Gasteiger partial charge is 0.444 e. The number of aromatic nitrogens is 1. The Morgan fingerprint density at radius 2 is 1.64 bits per heavy atom. The minimum atomic E-state index is -0.591. The number of hydrogen-bond acceptors (Lipinski definition) is 3. The van der Waals surface area contributed by atoms with E-state index in [0.717, 1.165) is 0 Å². The monoisotopic (exact) mass is 301 g/mol. The van der Waals surface area contributed by atoms with Crippen LogP contribution in [0.5, 0.6) is 0 Å². The van der Waals surface area contributed by atoms with Gasteiger partial charge in [-0.05, 0) is 45.0 Å². The van der Waals surface area contributed by atoms with Crippen molar-refractivity contribution in [2.45, 2.75) is 26.4 Å². The van der Waals surface area contributed by atoms with E-state index in [9.17, 15) is 9.59 Å². The summed E-state index contributed by atoms with van der Waals surface area (Å²) in [5.74, 6) is -0.288. The number of carbonyl (C=O) groups excluding carboxylic acids is 2. The van der Waals surface area contributed by atoms with Gasteiger partial charge in [0.15, 0.2) is 0 Å². The number of amides is 2. The number of benzene rings is 1. The second kappa shape index (κ2) is 6.34. The fraction of sp³-hybridized carbons (Fsp3) is 0.250. The Kier molecular flexibility index (Phi) is 4.50. The molecule has 3 N–H and O–H groups in total. The highest BCUT2D eigenvalue weighted by Crippen LogP contribution is 2.22. The average molecular weight is 301 g/mol. The number of rotatable bonds is 3. The smallest absolute Gasteiger partial charge is 0.412 e. The SMILES string of the molecule is CC(C)(C)OC(=O)Nc1ccccc1NC(=O)c1ccc[nH]1. The number of para-hydroxylation sites is 2. The minimum absolute atomic E-state index is 0.288. The summed E-state index contributed by atoms with van der Waals surface area (Å²) in [5, 5.41) is 5.37. The molecule has 2 rings (SSSR count). The zero-order valence-corrected chi connectivity index (χ0v) is 12.8. The average Bonchev–Trinajstić information content (AvgIpc) is 2.92. The van der Waals surface area contributed by atoms with Crippen molar-refractivity contribution < 1.29 is 14.3 Å². The van der Waals surface area contributed by atoms with Crippen LogP contribution in [0, 0.1) is 0 Å². The van der Waals surface area contributed by atoms with Crippen molar-refractivity contribution in [3.63, 3.8) is 0 Å². The summed E-state index contributed by atoms with van der Waals surface area (Å²) in [5.41, 5.74) is 0.809. The topological polar surface area (TPSA) is 83.2 Å². The molecule has 6 nitrogen and oxygen atoms in total. The molecular weight excluding hydrogens is 282 g/mol. The number of H-pyrrole nitrogens is 1. The molecule has 0 atom stereocenters. The number of nitrogens with one attached hydrogen (secondary N) is 3. The van der Waals surface area contributed by atoms with Gasteiger partial charge in [-0.15, -0.1) is 0 Å². The first kappa shape index (κ1) is 15.6. The molecule has 1 aromatic heterocycles. The molecule has 1 heterocycles. The molecular formula is C16H19N3O3. The molecule has 0 spiro atoms. The van der Waals surface area contributed by atoms with Crippen molar-refractivity contribution in [3.05, 3.63) is 48.3 Å². The minimum Gasteiger partial charge on any atom is -0.444 e. The normalized spacial score (nSPS) is 10.9. The fourth-order valence-corrected chi connectivity index (χ4v) is 1.78. The molecule has 0 aliphatic carbocycles. The van der Waals surface area contributed by atoms with Gasteiger partial charge in [0, 0.05) is 6.20 Å². The van der Waals surface area contributed by atoms with Gasteiger partial charge in [0.25, 0.3) is 5.91 Å². The second-order valence-corrected chi connectivity index (χ2v) is 5.71. The van der Waals surface area contributed by atoms with E-state index in [1.54, 1.807) is 63.4 Å². The first-order valence-corrected chi connectivity index (χ1v) is 6.89. The Labute approximate surface area is 128 Å². The van der Waals surface area contributed by atoms with Crippen molar-refractivity contribution in [1.82, 2.24) is 4.98 Å². The van der Waals surface area contributed by atoms with E-state index < -0.39 is 11.7 Å². The third-order valence-corrected chi connectivity index (χ3v) is 2.65. The molecule has 0 radical (unpaired) electrons. The van der Waals surface area contributed by atoms with Crippen molar-refractivity contribution in [1.29, 1.82) is 0 Å². The van der Waals surface area contributed by atoms with Crippen LogP contribution in [0.1, 0.15) is 31.3 Å². The van der Waals surface area contributed by atoms with Gasteiger partial charge >= 0.3 is 6.09 Å². The zero-order valence-electron chi connectivity index (χ0n) is 12.8. The van der Waals surface area contributed by atoms with Crippen LogP contribution < -0.4 is 10.6 Å². The Morgan fingerprint density at radius 3 is 2.18 bits per heavy atom. The molecule has 0 bridgehead atoms. The molecule has 2 aromatic rings. The molecule has 6 heteroatoms. The van der Waals surface area contributed by atoms with Gasteiger partial charge in [-0.25, -0.2) is 4.79 Å². The van der Waals surface area contributed by atoms with E-state index in [-0.39, 0.29) is 5.91 Å². The fourth-order valence-electron chi connectivity index (χ4n) is 1.78. The number of anilines is 2. The van der Waals surface area contributed by atoms with Crippen LogP contribution in [-0.2, 0) is 4.74 Å². The van der Waals surface area contributed by atoms with Crippen LogP contribution in [0.15, 0.2) is 42.6 Å². The summed E-state index contributed by atoms with van der Waals surface area (Å²) in [4.78, 5) is 26.7. The van der Waals surface area contributed by atoms with Crippen molar-refractivity contribution in [3.8, 4) is 0 Å². The van der Waals surface area contributed by atoms with E-state index in [2.05, 4.69) is 15.6 Å². The van der Waals surface area contributed by atoms with E-state index in [0.29, 0.717) is 17.1 Å². The lowest BCUT2D eigenvalue weighted by Gasteiger charge is -2.20. The molecule has 0 aliphatic heterocycles. The predicted octanol–water partition coefficient (Wildman–Crippen LogP) is 3.61. The van der Waals surface area contributed by atoms with Gasteiger partial charge < -0.3 is 15.0 Å². The Morgan fingerprint density at radius 1 is 1.00 bits per heavy atom. The first-order chi connectivity index (χ1) is 10.3. The third-order valence-electron chi connectivity index (χ3n) is 2.65. The standard InChI is InChI=1S/C16H19N3O3/c1-16(2,3)22-15(21)19-12-8-5-4-7-11(12)18-14(20)13-9-6-10-17-13/h4-10,17H,1-3H3,(H,18,20)(H,19,21). The van der Waals surface area contributed by atoms with E-state index in [1.807, 2.05) is 0 Å². The van der Waals surface area contributed by atoms with E-state index in [1.165, 1.54) is 0 Å². The highest BCUT2D eigenvalue weighted by molar-refractivity contribution is 6.05. The lowest BCUT2D eigenvalue weighted by atomic mass is 10.2. The third kappa shape index (κ3) is 4.37. The molecule has 0 saturated heterocycles. The summed E-state index contributed by atoms with van der Waals surface area (Å²) < 4.78 is 5.20. The summed E-state index contributed by atoms with van der Waals surface area (Å²) in [6.07, 6.45) is 1.09. The van der Waals surface area contributed by atoms with Gasteiger partial charge in [0.05, 0.1) is 11.4 Å². The maximum atomic E-state index is 12.1. The van der Waals surface area contributed by atoms with Crippen LogP contribution >= 0.6 is 0 Å². The van der Waals surface area contributed by atoms with Crippen LogP contribution in [-0.4, -0.2) is 22.6 Å². The molecule has 0 saturated carbocycles. The highest BCUT2D eigenvalue weighted by atomic mass is 16.6. The highest BCUT2D eigenvalue weighted by Gasteiger charge is 2.17. The molecule has 22 heavy (non-hydrogen) atoms. The van der Waals surface area contributed by atoms with Crippen LogP contribution in [0.4, 0.5) is 16.2 Å². The summed E-state index contributed by atoms with van der Waals surface area (Å²) >= 11 is 0. The van der Waals surface area contributed by atoms with Crippen LogP contribution in [0.3, 0.4) is 0 Å². The zero-order chi connectivity index (χ0) is 16.2. The van der Waals surface area contributed by atoms with Gasteiger partial charge in [0.2, 0.25) is 0 Å². The quantitative estimate of drug-likeness (QED) is 0.809. The maximum absolute atomic E-state index is 12.1. The van der Waals surface area contributed by atoms with Crippen LogP contribution in [0.25, 0.3) is 0 Å². The number of carbonyl (C=O) groups is 2. The summed E-state index contributed by atoms with van der Waals surface area (Å²) in [7, 11) is 0. The maximum Gasteiger partial charge on any atom is 0.412 e. The molecule has 1 aromatic carbocycles. The summed E-state index contributed by atoms with van der Waals surface area (Å²) in [6, 6.07) is 10.3. The lowest BCUT2D eigenvalue weighted by molar-refractivity contribution is 0.0635. The summed E-state index contributed by atoms with van der Waals surface area (Å²) in [6.45, 7) is 5.35. The van der Waals surface area contributed by atoms with Crippen molar-refractivity contribution in [2.24, 2.45) is 0 Å².